The Hall–Kier alpha value is -0.610. The van der Waals surface area contributed by atoms with E-state index in [9.17, 15) is 30.3 Å². The average molecular weight is 414 g/mol. The van der Waals surface area contributed by atoms with E-state index in [1.807, 2.05) is 20.8 Å². The lowest BCUT2D eigenvalue weighted by Crippen LogP contribution is -2.67. The molecule has 5 aliphatic rings. The molecule has 1 heterocycles. The Morgan fingerprint density at radius 2 is 1.79 bits per heavy atom. The predicted molar refractivity (Wildman–Crippen MR) is 101 cm³/mol. The first-order valence-corrected chi connectivity index (χ1v) is 10.6. The van der Waals surface area contributed by atoms with Crippen molar-refractivity contribution in [2.45, 2.75) is 83.3 Å². The van der Waals surface area contributed by atoms with E-state index in [4.69, 9.17) is 9.47 Å². The highest BCUT2D eigenvalue weighted by molar-refractivity contribution is 5.85. The third-order valence-corrected chi connectivity index (χ3v) is 9.33. The van der Waals surface area contributed by atoms with E-state index in [1.165, 1.54) is 0 Å². The molecule has 29 heavy (non-hydrogen) atoms. The molecule has 0 radical (unpaired) electrons. The van der Waals surface area contributed by atoms with Gasteiger partial charge in [0.05, 0.1) is 19.3 Å². The first-order chi connectivity index (χ1) is 13.5. The van der Waals surface area contributed by atoms with E-state index >= 15 is 0 Å². The van der Waals surface area contributed by atoms with Crippen molar-refractivity contribution in [3.05, 3.63) is 0 Å². The van der Waals surface area contributed by atoms with Gasteiger partial charge in [-0.15, -0.1) is 0 Å². The van der Waals surface area contributed by atoms with Crippen molar-refractivity contribution in [1.82, 2.24) is 0 Å². The molecule has 8 nitrogen and oxygen atoms in total. The molecule has 5 N–H and O–H groups in total. The van der Waals surface area contributed by atoms with Crippen molar-refractivity contribution < 1.29 is 39.8 Å². The maximum atomic E-state index is 12.7. The summed E-state index contributed by atoms with van der Waals surface area (Å²) >= 11 is 0. The number of fused-ring (bicyclic) bond motifs is 2. The normalized spacial score (nSPS) is 57.2. The molecule has 0 aromatic rings. The molecule has 1 spiro atoms. The Morgan fingerprint density at radius 3 is 2.41 bits per heavy atom. The molecule has 0 amide bonds. The first-order valence-electron chi connectivity index (χ1n) is 10.6. The lowest BCUT2D eigenvalue weighted by atomic mass is 9.38. The number of carbonyl (C=O) groups excluding carboxylic acids is 1. The molecule has 0 aromatic heterocycles. The number of hydrogen-bond donors (Lipinski definition) is 5. The monoisotopic (exact) mass is 414 g/mol. The summed E-state index contributed by atoms with van der Waals surface area (Å²) in [5, 5.41) is 50.7. The quantitative estimate of drug-likeness (QED) is 0.419. The predicted octanol–water partition coefficient (Wildman–Crippen LogP) is -0.415. The molecule has 11 atom stereocenters. The summed E-state index contributed by atoms with van der Waals surface area (Å²) in [5.74, 6) is 0.190. The molecule has 5 rings (SSSR count). The number of hydrogen-bond acceptors (Lipinski definition) is 8. The van der Waals surface area contributed by atoms with Crippen LogP contribution in [-0.2, 0) is 14.3 Å². The lowest BCUT2D eigenvalue weighted by Gasteiger charge is -2.67. The van der Waals surface area contributed by atoms with Gasteiger partial charge in [0.15, 0.2) is 6.29 Å². The average Bonchev–Trinajstić information content (AvgIpc) is 2.94. The molecule has 166 valence electrons. The van der Waals surface area contributed by atoms with E-state index in [0.29, 0.717) is 12.8 Å². The number of ether oxygens (including phenoxy) is 2. The zero-order valence-electron chi connectivity index (χ0n) is 17.3. The van der Waals surface area contributed by atoms with Gasteiger partial charge in [-0.2, -0.15) is 0 Å². The second kappa shape index (κ2) is 6.95. The molecule has 0 aromatic carbocycles. The van der Waals surface area contributed by atoms with E-state index < -0.39 is 54.2 Å². The molecule has 8 heteroatoms. The largest absolute Gasteiger partial charge is 0.394 e. The molecular formula is C21H34O8. The number of ketones is 1. The van der Waals surface area contributed by atoms with Crippen LogP contribution in [0.1, 0.15) is 46.5 Å². The summed E-state index contributed by atoms with van der Waals surface area (Å²) in [4.78, 5) is 12.7. The zero-order chi connectivity index (χ0) is 21.4. The van der Waals surface area contributed by atoms with Crippen molar-refractivity contribution >= 4 is 5.78 Å². The molecule has 1 saturated heterocycles. The summed E-state index contributed by atoms with van der Waals surface area (Å²) in [7, 11) is 0. The highest BCUT2D eigenvalue weighted by Gasteiger charge is 2.72. The fraction of sp³-hybridized carbons (Fsp3) is 0.952. The van der Waals surface area contributed by atoms with Crippen molar-refractivity contribution in [3.8, 4) is 0 Å². The van der Waals surface area contributed by atoms with Crippen LogP contribution in [0.25, 0.3) is 0 Å². The summed E-state index contributed by atoms with van der Waals surface area (Å²) < 4.78 is 11.4. The third-order valence-electron chi connectivity index (χ3n) is 9.33. The summed E-state index contributed by atoms with van der Waals surface area (Å²) in [6.45, 7) is 5.68. The molecule has 2 unspecified atom stereocenters. The van der Waals surface area contributed by atoms with Crippen LogP contribution < -0.4 is 0 Å². The van der Waals surface area contributed by atoms with E-state index in [0.717, 1.165) is 12.8 Å². The van der Waals surface area contributed by atoms with Crippen molar-refractivity contribution in [3.63, 3.8) is 0 Å². The van der Waals surface area contributed by atoms with Gasteiger partial charge >= 0.3 is 0 Å². The number of aliphatic hydroxyl groups excluding tert-OH is 5. The highest BCUT2D eigenvalue weighted by Crippen LogP contribution is 2.73. The molecule has 1 aliphatic heterocycles. The first kappa shape index (κ1) is 21.6. The third kappa shape index (κ3) is 2.73. The Morgan fingerprint density at radius 1 is 1.10 bits per heavy atom. The van der Waals surface area contributed by atoms with E-state index in [2.05, 4.69) is 0 Å². The lowest BCUT2D eigenvalue weighted by molar-refractivity contribution is -0.322. The van der Waals surface area contributed by atoms with Gasteiger partial charge in [0.1, 0.15) is 30.2 Å². The number of Topliss-reactive ketones (excluding diaryl/α,β-unsaturated/α-hetero) is 1. The maximum Gasteiger partial charge on any atom is 0.186 e. The van der Waals surface area contributed by atoms with Gasteiger partial charge in [-0.3, -0.25) is 4.79 Å². The van der Waals surface area contributed by atoms with E-state index in [1.54, 1.807) is 0 Å². The fourth-order valence-corrected chi connectivity index (χ4v) is 6.91. The van der Waals surface area contributed by atoms with Crippen LogP contribution in [0.5, 0.6) is 0 Å². The van der Waals surface area contributed by atoms with Gasteiger partial charge in [0.2, 0.25) is 0 Å². The van der Waals surface area contributed by atoms with Gasteiger partial charge in [-0.05, 0) is 30.6 Å². The smallest absolute Gasteiger partial charge is 0.186 e. The molecule has 2 bridgehead atoms. The topological polar surface area (TPSA) is 137 Å². The van der Waals surface area contributed by atoms with Crippen LogP contribution in [0.4, 0.5) is 0 Å². The van der Waals surface area contributed by atoms with Crippen LogP contribution in [0, 0.1) is 28.1 Å². The minimum absolute atomic E-state index is 0.0598. The van der Waals surface area contributed by atoms with Crippen LogP contribution in [0.15, 0.2) is 0 Å². The Kier molecular flexibility index (Phi) is 5.18. The van der Waals surface area contributed by atoms with Crippen LogP contribution in [0.3, 0.4) is 0 Å². The van der Waals surface area contributed by atoms with Gasteiger partial charge in [-0.25, -0.2) is 0 Å². The van der Waals surface area contributed by atoms with Crippen LogP contribution in [-0.4, -0.2) is 81.3 Å². The zero-order valence-corrected chi connectivity index (χ0v) is 17.3. The van der Waals surface area contributed by atoms with Gasteiger partial charge < -0.3 is 35.0 Å². The summed E-state index contributed by atoms with van der Waals surface area (Å²) in [5.41, 5.74) is -1.21. The van der Waals surface area contributed by atoms with Crippen LogP contribution in [0.2, 0.25) is 0 Å². The van der Waals surface area contributed by atoms with Crippen LogP contribution >= 0.6 is 0 Å². The number of rotatable bonds is 4. The maximum absolute atomic E-state index is 12.7. The standard InChI is InChI=1S/C21H34O8/c1-10-11(23)6-13-20(3,19(2)4-5-21(10,13)7-14(19)24)9-28-18-17(27)16(26)15(25)12(8-22)29-18/h10,12-18,22,24-27H,4-9H2,1-3H3/t10-,12-,13-,14?,15-,16+,17-,18?,19+,20-,21-/m1/s1. The second-order valence-corrected chi connectivity index (χ2v) is 10.2. The minimum atomic E-state index is -1.50. The second-order valence-electron chi connectivity index (χ2n) is 10.2. The molecular weight excluding hydrogens is 380 g/mol. The number of carbonyl (C=O) groups is 1. The Labute approximate surface area is 170 Å². The summed E-state index contributed by atoms with van der Waals surface area (Å²) in [6, 6.07) is 0. The molecule has 4 saturated carbocycles. The highest BCUT2D eigenvalue weighted by atomic mass is 16.7. The fourth-order valence-electron chi connectivity index (χ4n) is 6.91. The van der Waals surface area contributed by atoms with Crippen molar-refractivity contribution in [2.75, 3.05) is 13.2 Å². The Balaban J connectivity index is 1.60. The molecule has 4 aliphatic carbocycles. The van der Waals surface area contributed by atoms with Crippen molar-refractivity contribution in [2.24, 2.45) is 28.1 Å². The number of aliphatic hydroxyl groups is 5. The Bertz CT molecular complexity index is 669. The van der Waals surface area contributed by atoms with Gasteiger partial charge in [-0.1, -0.05) is 20.8 Å². The van der Waals surface area contributed by atoms with Gasteiger partial charge in [0, 0.05) is 23.2 Å². The molecule has 5 fully saturated rings. The summed E-state index contributed by atoms with van der Waals surface area (Å²) in [6.07, 6.45) is -4.42. The SMILES string of the molecule is C[C@@H]1C(=O)C[C@H]2[C@@]13CC[C@@](C)(C(O)C3)[C@]2(C)COC1O[C@H](CO)[C@@H](O)[C@H](O)[C@H]1O. The van der Waals surface area contributed by atoms with E-state index in [-0.39, 0.29) is 29.6 Å². The minimum Gasteiger partial charge on any atom is -0.394 e. The van der Waals surface area contributed by atoms with Crippen molar-refractivity contribution in [1.29, 1.82) is 0 Å². The van der Waals surface area contributed by atoms with Gasteiger partial charge in [0.25, 0.3) is 0 Å².